The van der Waals surface area contributed by atoms with Gasteiger partial charge >= 0.3 is 5.97 Å². The summed E-state index contributed by atoms with van der Waals surface area (Å²) in [5.41, 5.74) is 0.933. The molecule has 2 heterocycles. The van der Waals surface area contributed by atoms with Crippen molar-refractivity contribution in [2.24, 2.45) is 0 Å². The average molecular weight is 285 g/mol. The summed E-state index contributed by atoms with van der Waals surface area (Å²) in [6.07, 6.45) is 2.11. The summed E-state index contributed by atoms with van der Waals surface area (Å²) in [4.78, 5) is 11.8. The molecule has 0 unspecified atom stereocenters. The molecule has 1 aliphatic heterocycles. The summed E-state index contributed by atoms with van der Waals surface area (Å²) in [5, 5.41) is 14.6. The lowest BCUT2D eigenvalue weighted by Crippen LogP contribution is -2.39. The van der Waals surface area contributed by atoms with Crippen LogP contribution in [0.2, 0.25) is 5.15 Å². The maximum atomic E-state index is 11.8. The van der Waals surface area contributed by atoms with E-state index in [4.69, 9.17) is 16.3 Å². The Kier molecular flexibility index (Phi) is 4.55. The fraction of sp³-hybridized carbons (Fsp3) is 0.583. The minimum absolute atomic E-state index is 0.215. The summed E-state index contributed by atoms with van der Waals surface area (Å²) in [6.45, 7) is 3.59. The molecular formula is C12H17ClN4O2. The van der Waals surface area contributed by atoms with Crippen molar-refractivity contribution in [1.82, 2.24) is 15.5 Å². The van der Waals surface area contributed by atoms with E-state index in [0.29, 0.717) is 16.9 Å². The van der Waals surface area contributed by atoms with Gasteiger partial charge in [0.1, 0.15) is 5.56 Å². The Labute approximate surface area is 116 Å². The second kappa shape index (κ2) is 6.16. The number of methoxy groups -OCH3 is 1. The maximum absolute atomic E-state index is 11.8. The molecule has 0 saturated carbocycles. The first-order valence-corrected chi connectivity index (χ1v) is 6.59. The minimum Gasteiger partial charge on any atom is -0.465 e. The molecule has 19 heavy (non-hydrogen) atoms. The van der Waals surface area contributed by atoms with E-state index in [1.165, 1.54) is 7.11 Å². The molecule has 2 rings (SSSR count). The van der Waals surface area contributed by atoms with E-state index in [-0.39, 0.29) is 11.2 Å². The molecule has 104 valence electrons. The predicted molar refractivity (Wildman–Crippen MR) is 72.6 cm³/mol. The highest BCUT2D eigenvalue weighted by Gasteiger charge is 2.22. The number of rotatable bonds is 3. The summed E-state index contributed by atoms with van der Waals surface area (Å²) in [6, 6.07) is 0.229. The smallest absolute Gasteiger partial charge is 0.342 e. The van der Waals surface area contributed by atoms with Crippen LogP contribution >= 0.6 is 11.6 Å². The van der Waals surface area contributed by atoms with Crippen molar-refractivity contribution in [3.63, 3.8) is 0 Å². The Balaban J connectivity index is 2.28. The zero-order valence-corrected chi connectivity index (χ0v) is 11.8. The number of hydrogen-bond donors (Lipinski definition) is 2. The van der Waals surface area contributed by atoms with Gasteiger partial charge in [-0.3, -0.25) is 0 Å². The lowest BCUT2D eigenvalue weighted by molar-refractivity contribution is 0.0600. The van der Waals surface area contributed by atoms with Crippen LogP contribution in [0.3, 0.4) is 0 Å². The van der Waals surface area contributed by atoms with E-state index >= 15 is 0 Å². The second-order valence-electron chi connectivity index (χ2n) is 4.52. The van der Waals surface area contributed by atoms with E-state index in [1.54, 1.807) is 6.92 Å². The van der Waals surface area contributed by atoms with Gasteiger partial charge in [0.05, 0.1) is 7.11 Å². The molecule has 1 aromatic heterocycles. The highest BCUT2D eigenvalue weighted by Crippen LogP contribution is 2.24. The molecule has 0 aliphatic carbocycles. The van der Waals surface area contributed by atoms with Crippen LogP contribution in [0.25, 0.3) is 0 Å². The maximum Gasteiger partial charge on any atom is 0.342 e. The quantitative estimate of drug-likeness (QED) is 0.817. The molecule has 0 radical (unpaired) electrons. The number of ether oxygens (including phenoxy) is 1. The lowest BCUT2D eigenvalue weighted by atomic mass is 10.1. The fourth-order valence-corrected chi connectivity index (χ4v) is 2.25. The summed E-state index contributed by atoms with van der Waals surface area (Å²) in [5.74, 6) is -0.0250. The van der Waals surface area contributed by atoms with Gasteiger partial charge < -0.3 is 15.4 Å². The van der Waals surface area contributed by atoms with Crippen molar-refractivity contribution in [3.8, 4) is 0 Å². The topological polar surface area (TPSA) is 76.1 Å². The number of esters is 1. The summed E-state index contributed by atoms with van der Waals surface area (Å²) >= 11 is 5.91. The number of piperidine rings is 1. The summed E-state index contributed by atoms with van der Waals surface area (Å²) in [7, 11) is 1.34. The van der Waals surface area contributed by atoms with Gasteiger partial charge in [-0.15, -0.1) is 10.2 Å². The van der Waals surface area contributed by atoms with Crippen molar-refractivity contribution in [1.29, 1.82) is 0 Å². The van der Waals surface area contributed by atoms with Crippen molar-refractivity contribution in [3.05, 3.63) is 16.3 Å². The van der Waals surface area contributed by atoms with Gasteiger partial charge in [0.15, 0.2) is 11.0 Å². The molecule has 0 aromatic carbocycles. The van der Waals surface area contributed by atoms with Crippen molar-refractivity contribution < 1.29 is 9.53 Å². The van der Waals surface area contributed by atoms with Crippen LogP contribution in [0.5, 0.6) is 0 Å². The van der Waals surface area contributed by atoms with E-state index in [9.17, 15) is 4.79 Å². The van der Waals surface area contributed by atoms with Crippen LogP contribution < -0.4 is 10.6 Å². The van der Waals surface area contributed by atoms with Crippen molar-refractivity contribution in [2.75, 3.05) is 25.5 Å². The number of nitrogens with zero attached hydrogens (tertiary/aromatic N) is 2. The van der Waals surface area contributed by atoms with Gasteiger partial charge in [0.2, 0.25) is 0 Å². The molecule has 1 atom stereocenters. The molecule has 1 fully saturated rings. The lowest BCUT2D eigenvalue weighted by Gasteiger charge is -2.25. The monoisotopic (exact) mass is 284 g/mol. The standard InChI is InChI=1S/C12H17ClN4O2/c1-7-9(12(18)19-2)11(17-16-10(7)13)15-8-4-3-5-14-6-8/h8,14H,3-6H2,1-2H3,(H,15,17)/t8-/m1/s1. The molecule has 0 amide bonds. The van der Waals surface area contributed by atoms with E-state index in [0.717, 1.165) is 25.9 Å². The normalized spacial score (nSPS) is 19.0. The Morgan fingerprint density at radius 2 is 2.32 bits per heavy atom. The molecule has 1 aliphatic rings. The largest absolute Gasteiger partial charge is 0.465 e. The van der Waals surface area contributed by atoms with Gasteiger partial charge in [-0.2, -0.15) is 0 Å². The first-order chi connectivity index (χ1) is 9.13. The van der Waals surface area contributed by atoms with Crippen LogP contribution in [0.15, 0.2) is 0 Å². The minimum atomic E-state index is -0.458. The number of aromatic nitrogens is 2. The van der Waals surface area contributed by atoms with Gasteiger partial charge in [0, 0.05) is 18.2 Å². The van der Waals surface area contributed by atoms with Gasteiger partial charge in [-0.25, -0.2) is 4.79 Å². The Morgan fingerprint density at radius 3 is 2.95 bits per heavy atom. The average Bonchev–Trinajstić information content (AvgIpc) is 2.44. The zero-order valence-electron chi connectivity index (χ0n) is 11.0. The number of carbonyl (C=O) groups is 1. The molecular weight excluding hydrogens is 268 g/mol. The van der Waals surface area contributed by atoms with Crippen LogP contribution in [-0.4, -0.2) is 42.4 Å². The third kappa shape index (κ3) is 3.13. The molecule has 0 spiro atoms. The number of halogens is 1. The molecule has 7 heteroatoms. The van der Waals surface area contributed by atoms with Gasteiger partial charge in [-0.1, -0.05) is 11.6 Å². The molecule has 0 bridgehead atoms. The fourth-order valence-electron chi connectivity index (χ4n) is 2.12. The molecule has 1 aromatic rings. The van der Waals surface area contributed by atoms with Crippen LogP contribution in [0.4, 0.5) is 5.82 Å². The first-order valence-electron chi connectivity index (χ1n) is 6.21. The molecule has 6 nitrogen and oxygen atoms in total. The third-order valence-electron chi connectivity index (χ3n) is 3.19. The zero-order chi connectivity index (χ0) is 13.8. The first kappa shape index (κ1) is 14.0. The van der Waals surface area contributed by atoms with Crippen LogP contribution in [0.1, 0.15) is 28.8 Å². The van der Waals surface area contributed by atoms with Gasteiger partial charge in [-0.05, 0) is 26.3 Å². The van der Waals surface area contributed by atoms with Gasteiger partial charge in [0.25, 0.3) is 0 Å². The van der Waals surface area contributed by atoms with E-state index < -0.39 is 5.97 Å². The molecule has 2 N–H and O–H groups in total. The highest BCUT2D eigenvalue weighted by atomic mass is 35.5. The van der Waals surface area contributed by atoms with Crippen molar-refractivity contribution in [2.45, 2.75) is 25.8 Å². The molecule has 1 saturated heterocycles. The Bertz CT molecular complexity index is 475. The second-order valence-corrected chi connectivity index (χ2v) is 4.88. The van der Waals surface area contributed by atoms with E-state index in [2.05, 4.69) is 20.8 Å². The Morgan fingerprint density at radius 1 is 1.53 bits per heavy atom. The Hall–Kier alpha value is -1.40. The SMILES string of the molecule is COC(=O)c1c(N[C@@H]2CCCNC2)nnc(Cl)c1C. The predicted octanol–water partition coefficient (Wildman–Crippen LogP) is 1.39. The van der Waals surface area contributed by atoms with Crippen LogP contribution in [0, 0.1) is 6.92 Å². The van der Waals surface area contributed by atoms with E-state index in [1.807, 2.05) is 0 Å². The number of hydrogen-bond acceptors (Lipinski definition) is 6. The number of anilines is 1. The van der Waals surface area contributed by atoms with Crippen molar-refractivity contribution >= 4 is 23.4 Å². The number of nitrogens with one attached hydrogen (secondary N) is 2. The van der Waals surface area contributed by atoms with Crippen LogP contribution in [-0.2, 0) is 4.74 Å². The number of carbonyl (C=O) groups excluding carboxylic acids is 1. The summed E-state index contributed by atoms with van der Waals surface area (Å²) < 4.78 is 4.78. The highest BCUT2D eigenvalue weighted by molar-refractivity contribution is 6.30. The third-order valence-corrected chi connectivity index (χ3v) is 3.55.